The summed E-state index contributed by atoms with van der Waals surface area (Å²) >= 11 is 0. The highest BCUT2D eigenvalue weighted by Gasteiger charge is 2.13. The van der Waals surface area contributed by atoms with E-state index in [9.17, 15) is 4.39 Å². The van der Waals surface area contributed by atoms with Crippen molar-refractivity contribution in [2.45, 2.75) is 38.8 Å². The van der Waals surface area contributed by atoms with Gasteiger partial charge in [0.15, 0.2) is 0 Å². The van der Waals surface area contributed by atoms with Gasteiger partial charge in [0.1, 0.15) is 5.67 Å². The third kappa shape index (κ3) is 7.67. The molecule has 0 N–H and O–H groups in total. The Kier molecular flexibility index (Phi) is 3.52. The Morgan fingerprint density at radius 3 is 2.44 bits per heavy atom. The van der Waals surface area contributed by atoms with Gasteiger partial charge in [0.2, 0.25) is 0 Å². The van der Waals surface area contributed by atoms with Crippen molar-refractivity contribution in [2.24, 2.45) is 0 Å². The van der Waals surface area contributed by atoms with Crippen molar-refractivity contribution in [3.8, 4) is 0 Å². The molecule has 0 aromatic carbocycles. The monoisotopic (exact) mass is 130 g/mol. The van der Waals surface area contributed by atoms with Gasteiger partial charge in [-0.05, 0) is 33.1 Å². The summed E-state index contributed by atoms with van der Waals surface area (Å²) in [5.74, 6) is 0. The molecular weight excluding hydrogens is 115 g/mol. The maximum atomic E-state index is 12.7. The van der Waals surface area contributed by atoms with Crippen molar-refractivity contribution >= 4 is 0 Å². The average Bonchev–Trinajstić information content (AvgIpc) is 1.63. The van der Waals surface area contributed by atoms with Crippen molar-refractivity contribution in [3.63, 3.8) is 0 Å². The van der Waals surface area contributed by atoms with Crippen molar-refractivity contribution in [3.05, 3.63) is 12.7 Å². The molecule has 0 heterocycles. The van der Waals surface area contributed by atoms with Gasteiger partial charge in [0.25, 0.3) is 0 Å². The maximum Gasteiger partial charge on any atom is 0.105 e. The first kappa shape index (κ1) is 8.67. The summed E-state index contributed by atoms with van der Waals surface area (Å²) in [4.78, 5) is 0. The molecule has 0 saturated heterocycles. The van der Waals surface area contributed by atoms with Gasteiger partial charge < -0.3 is 0 Å². The smallest absolute Gasteiger partial charge is 0.105 e. The molecule has 0 nitrogen and oxygen atoms in total. The van der Waals surface area contributed by atoms with Crippen LogP contribution in [-0.2, 0) is 0 Å². The molecular formula is C8H15F. The molecule has 0 aromatic rings. The molecule has 0 radical (unpaired) electrons. The van der Waals surface area contributed by atoms with Gasteiger partial charge in [-0.3, -0.25) is 0 Å². The van der Waals surface area contributed by atoms with Gasteiger partial charge in [-0.15, -0.1) is 6.58 Å². The molecule has 0 atom stereocenters. The SMILES string of the molecule is C=CCCCC(C)(C)F. The topological polar surface area (TPSA) is 0 Å². The number of alkyl halides is 1. The summed E-state index contributed by atoms with van der Waals surface area (Å²) in [6, 6.07) is 0. The molecule has 0 aromatic heterocycles. The van der Waals surface area contributed by atoms with E-state index in [2.05, 4.69) is 6.58 Å². The van der Waals surface area contributed by atoms with E-state index in [1.54, 1.807) is 13.8 Å². The highest BCUT2D eigenvalue weighted by molar-refractivity contribution is 4.71. The molecule has 0 aliphatic carbocycles. The molecule has 0 fully saturated rings. The third-order valence-corrected chi connectivity index (χ3v) is 1.18. The summed E-state index contributed by atoms with van der Waals surface area (Å²) in [5.41, 5.74) is -0.997. The van der Waals surface area contributed by atoms with Crippen LogP contribution in [0.4, 0.5) is 4.39 Å². The predicted molar refractivity (Wildman–Crippen MR) is 39.2 cm³/mol. The number of allylic oxidation sites excluding steroid dienone is 1. The molecule has 0 aliphatic rings. The van der Waals surface area contributed by atoms with Gasteiger partial charge in [-0.1, -0.05) is 6.08 Å². The first-order valence-electron chi connectivity index (χ1n) is 3.36. The Morgan fingerprint density at radius 2 is 2.11 bits per heavy atom. The number of hydrogen-bond acceptors (Lipinski definition) is 0. The van der Waals surface area contributed by atoms with E-state index in [4.69, 9.17) is 0 Å². The number of hydrogen-bond donors (Lipinski definition) is 0. The molecule has 0 bridgehead atoms. The summed E-state index contributed by atoms with van der Waals surface area (Å²) in [5, 5.41) is 0. The summed E-state index contributed by atoms with van der Waals surface area (Å²) in [6.45, 7) is 6.77. The Balaban J connectivity index is 3.17. The third-order valence-electron chi connectivity index (χ3n) is 1.18. The van der Waals surface area contributed by atoms with E-state index in [1.807, 2.05) is 6.08 Å². The van der Waals surface area contributed by atoms with Crippen LogP contribution < -0.4 is 0 Å². The van der Waals surface area contributed by atoms with Crippen LogP contribution in [0, 0.1) is 0 Å². The first-order valence-corrected chi connectivity index (χ1v) is 3.36. The highest BCUT2D eigenvalue weighted by Crippen LogP contribution is 2.16. The molecule has 54 valence electrons. The first-order chi connectivity index (χ1) is 4.06. The largest absolute Gasteiger partial charge is 0.245 e. The van der Waals surface area contributed by atoms with Gasteiger partial charge in [-0.2, -0.15) is 0 Å². The number of halogens is 1. The van der Waals surface area contributed by atoms with Crippen LogP contribution in [-0.4, -0.2) is 5.67 Å². The van der Waals surface area contributed by atoms with Crippen molar-refractivity contribution in [1.29, 1.82) is 0 Å². The molecule has 0 rings (SSSR count). The fraction of sp³-hybridized carbons (Fsp3) is 0.750. The zero-order valence-electron chi connectivity index (χ0n) is 6.28. The summed E-state index contributed by atoms with van der Waals surface area (Å²) in [6.07, 6.45) is 4.30. The molecule has 0 unspecified atom stereocenters. The van der Waals surface area contributed by atoms with Crippen molar-refractivity contribution in [1.82, 2.24) is 0 Å². The fourth-order valence-corrected chi connectivity index (χ4v) is 0.667. The van der Waals surface area contributed by atoms with Gasteiger partial charge in [-0.25, -0.2) is 4.39 Å². The molecule has 1 heteroatoms. The van der Waals surface area contributed by atoms with Crippen LogP contribution in [0.15, 0.2) is 12.7 Å². The Hall–Kier alpha value is -0.330. The predicted octanol–water partition coefficient (Wildman–Crippen LogP) is 3.09. The lowest BCUT2D eigenvalue weighted by Crippen LogP contribution is -2.10. The molecule has 0 saturated carbocycles. The molecule has 9 heavy (non-hydrogen) atoms. The summed E-state index contributed by atoms with van der Waals surface area (Å²) < 4.78 is 12.7. The molecule has 0 spiro atoms. The van der Waals surface area contributed by atoms with E-state index in [1.165, 1.54) is 0 Å². The second kappa shape index (κ2) is 3.65. The van der Waals surface area contributed by atoms with E-state index in [-0.39, 0.29) is 0 Å². The van der Waals surface area contributed by atoms with Gasteiger partial charge in [0.05, 0.1) is 0 Å². The second-order valence-corrected chi connectivity index (χ2v) is 2.90. The van der Waals surface area contributed by atoms with Crippen LogP contribution in [0.25, 0.3) is 0 Å². The van der Waals surface area contributed by atoms with E-state index >= 15 is 0 Å². The minimum Gasteiger partial charge on any atom is -0.245 e. The fourth-order valence-electron chi connectivity index (χ4n) is 0.667. The van der Waals surface area contributed by atoms with Crippen LogP contribution in [0.3, 0.4) is 0 Å². The van der Waals surface area contributed by atoms with E-state index in [0.717, 1.165) is 12.8 Å². The summed E-state index contributed by atoms with van der Waals surface area (Å²) in [7, 11) is 0. The van der Waals surface area contributed by atoms with E-state index < -0.39 is 5.67 Å². The van der Waals surface area contributed by atoms with Crippen LogP contribution in [0.2, 0.25) is 0 Å². The van der Waals surface area contributed by atoms with Crippen LogP contribution >= 0.6 is 0 Å². The van der Waals surface area contributed by atoms with Gasteiger partial charge in [0, 0.05) is 0 Å². The van der Waals surface area contributed by atoms with Gasteiger partial charge >= 0.3 is 0 Å². The highest BCUT2D eigenvalue weighted by atomic mass is 19.1. The molecule has 0 amide bonds. The Morgan fingerprint density at radius 1 is 1.56 bits per heavy atom. The number of rotatable bonds is 4. The normalized spacial score (nSPS) is 11.4. The Labute approximate surface area is 56.8 Å². The van der Waals surface area contributed by atoms with E-state index in [0.29, 0.717) is 6.42 Å². The lowest BCUT2D eigenvalue weighted by Gasteiger charge is -2.11. The maximum absolute atomic E-state index is 12.7. The van der Waals surface area contributed by atoms with Crippen molar-refractivity contribution in [2.75, 3.05) is 0 Å². The number of unbranched alkanes of at least 4 members (excludes halogenated alkanes) is 1. The lowest BCUT2D eigenvalue weighted by molar-refractivity contribution is 0.198. The van der Waals surface area contributed by atoms with Crippen LogP contribution in [0.5, 0.6) is 0 Å². The van der Waals surface area contributed by atoms with Crippen molar-refractivity contribution < 1.29 is 4.39 Å². The quantitative estimate of drug-likeness (QED) is 0.405. The van der Waals surface area contributed by atoms with Crippen LogP contribution in [0.1, 0.15) is 33.1 Å². The molecule has 0 aliphatic heterocycles. The minimum absolute atomic E-state index is 0.638. The Bertz CT molecular complexity index is 79.1. The lowest BCUT2D eigenvalue weighted by atomic mass is 10.0. The zero-order chi connectivity index (χ0) is 7.33. The minimum atomic E-state index is -0.997. The zero-order valence-corrected chi connectivity index (χ0v) is 6.28. The average molecular weight is 130 g/mol. The second-order valence-electron chi connectivity index (χ2n) is 2.90. The standard InChI is InChI=1S/C8H15F/c1-4-5-6-7-8(2,3)9/h4H,1,5-7H2,2-3H3.